The van der Waals surface area contributed by atoms with Crippen LogP contribution in [0.15, 0.2) is 46.4 Å². The van der Waals surface area contributed by atoms with Gasteiger partial charge in [0.05, 0.1) is 37.1 Å². The Morgan fingerprint density at radius 3 is 2.70 bits per heavy atom. The van der Waals surface area contributed by atoms with Crippen LogP contribution in [-0.4, -0.2) is 62.4 Å². The van der Waals surface area contributed by atoms with Gasteiger partial charge in [-0.3, -0.25) is 15.5 Å². The average Bonchev–Trinajstić information content (AvgIpc) is 2.75. The minimum absolute atomic E-state index is 0.0609. The van der Waals surface area contributed by atoms with Gasteiger partial charge >= 0.3 is 0 Å². The van der Waals surface area contributed by atoms with Gasteiger partial charge in [0.25, 0.3) is 5.69 Å². The Morgan fingerprint density at radius 1 is 1.30 bits per heavy atom. The first-order chi connectivity index (χ1) is 14.3. The Morgan fingerprint density at radius 2 is 2.03 bits per heavy atom. The van der Waals surface area contributed by atoms with Gasteiger partial charge in [-0.2, -0.15) is 9.41 Å². The van der Waals surface area contributed by atoms with E-state index in [4.69, 9.17) is 9.47 Å². The lowest BCUT2D eigenvalue weighted by atomic mass is 10.2. The van der Waals surface area contributed by atoms with Gasteiger partial charge in [0, 0.05) is 30.8 Å². The van der Waals surface area contributed by atoms with Crippen molar-refractivity contribution in [1.82, 2.24) is 4.31 Å². The number of rotatable bonds is 7. The van der Waals surface area contributed by atoms with Crippen molar-refractivity contribution >= 4 is 27.6 Å². The summed E-state index contributed by atoms with van der Waals surface area (Å²) in [5.41, 5.74) is 2.63. The molecule has 0 saturated carbocycles. The van der Waals surface area contributed by atoms with Gasteiger partial charge in [-0.1, -0.05) is 6.07 Å². The number of phenolic OH excluding ortho intramolecular Hbond substituents is 1. The summed E-state index contributed by atoms with van der Waals surface area (Å²) in [6.45, 7) is 0.769. The van der Waals surface area contributed by atoms with Crippen molar-refractivity contribution in [3.8, 4) is 11.5 Å². The van der Waals surface area contributed by atoms with Gasteiger partial charge < -0.3 is 14.6 Å². The summed E-state index contributed by atoms with van der Waals surface area (Å²) in [5.74, 6) is 0.125. The number of nitro benzene ring substituents is 1. The van der Waals surface area contributed by atoms with E-state index >= 15 is 0 Å². The monoisotopic (exact) mass is 436 g/mol. The van der Waals surface area contributed by atoms with E-state index in [0.29, 0.717) is 5.56 Å². The first-order valence-corrected chi connectivity index (χ1v) is 10.3. The third kappa shape index (κ3) is 4.50. The Hall–Kier alpha value is -3.22. The number of nitro groups is 1. The second kappa shape index (κ2) is 9.07. The summed E-state index contributed by atoms with van der Waals surface area (Å²) < 4.78 is 37.5. The van der Waals surface area contributed by atoms with Crippen molar-refractivity contribution in [1.29, 1.82) is 0 Å². The Bertz CT molecular complexity index is 1070. The first-order valence-electron chi connectivity index (χ1n) is 8.86. The smallest absolute Gasteiger partial charge is 0.270 e. The molecule has 1 heterocycles. The van der Waals surface area contributed by atoms with Crippen molar-refractivity contribution in [2.75, 3.05) is 38.8 Å². The molecule has 1 fully saturated rings. The van der Waals surface area contributed by atoms with E-state index < -0.39 is 14.9 Å². The van der Waals surface area contributed by atoms with Crippen LogP contribution in [0.1, 0.15) is 5.56 Å². The minimum Gasteiger partial charge on any atom is -0.504 e. The number of benzene rings is 2. The molecule has 0 aliphatic carbocycles. The number of aromatic hydroxyl groups is 1. The quantitative estimate of drug-likeness (QED) is 0.380. The highest BCUT2D eigenvalue weighted by Gasteiger charge is 2.30. The number of nitrogens with one attached hydrogen (secondary N) is 1. The molecule has 0 aromatic heterocycles. The normalized spacial score (nSPS) is 15.2. The molecule has 0 unspecified atom stereocenters. The molecule has 30 heavy (non-hydrogen) atoms. The fourth-order valence-corrected chi connectivity index (χ4v) is 4.41. The zero-order valence-electron chi connectivity index (χ0n) is 16.0. The molecule has 2 aromatic carbocycles. The number of hydrogen-bond donors (Lipinski definition) is 2. The number of sulfonamides is 1. The van der Waals surface area contributed by atoms with Crippen LogP contribution < -0.4 is 10.2 Å². The molecule has 0 amide bonds. The zero-order valence-corrected chi connectivity index (χ0v) is 16.8. The van der Waals surface area contributed by atoms with Crippen LogP contribution in [0, 0.1) is 10.1 Å². The molecule has 2 aromatic rings. The maximum atomic E-state index is 13.1. The second-order valence-corrected chi connectivity index (χ2v) is 8.13. The van der Waals surface area contributed by atoms with E-state index in [1.54, 1.807) is 18.2 Å². The topological polar surface area (TPSA) is 144 Å². The van der Waals surface area contributed by atoms with Crippen molar-refractivity contribution in [2.24, 2.45) is 5.10 Å². The summed E-state index contributed by atoms with van der Waals surface area (Å²) in [7, 11) is -2.61. The van der Waals surface area contributed by atoms with Crippen LogP contribution in [0.5, 0.6) is 11.5 Å². The molecular weight excluding hydrogens is 416 g/mol. The Balaban J connectivity index is 1.94. The van der Waals surface area contributed by atoms with Crippen LogP contribution in [0.3, 0.4) is 0 Å². The molecule has 0 bridgehead atoms. The fourth-order valence-electron chi connectivity index (χ4n) is 2.84. The molecule has 2 N–H and O–H groups in total. The lowest BCUT2D eigenvalue weighted by Gasteiger charge is -2.26. The molecule has 0 spiro atoms. The standard InChI is InChI=1S/C18H20N4O7S/c1-28-16-4-2-3-13(18(16)23)12-19-20-15-6-5-14(22(24)25)11-17(15)30(26,27)21-7-9-29-10-8-21/h2-6,11-12,20,23H,7-10H2,1H3/b19-12+. The summed E-state index contributed by atoms with van der Waals surface area (Å²) in [6.07, 6.45) is 1.28. The molecule has 0 atom stereocenters. The molecule has 0 radical (unpaired) electrons. The van der Waals surface area contributed by atoms with Gasteiger partial charge in [-0.15, -0.1) is 0 Å². The second-order valence-electron chi connectivity index (χ2n) is 6.22. The predicted octanol–water partition coefficient (Wildman–Crippen LogP) is 1.78. The number of non-ortho nitro benzene ring substituents is 1. The fraction of sp³-hybridized carbons (Fsp3) is 0.278. The van der Waals surface area contributed by atoms with Gasteiger partial charge in [0.1, 0.15) is 4.90 Å². The maximum Gasteiger partial charge on any atom is 0.270 e. The van der Waals surface area contributed by atoms with Crippen molar-refractivity contribution in [3.05, 3.63) is 52.1 Å². The maximum absolute atomic E-state index is 13.1. The Kier molecular flexibility index (Phi) is 6.50. The van der Waals surface area contributed by atoms with E-state index in [1.807, 2.05) is 0 Å². The highest BCUT2D eigenvalue weighted by molar-refractivity contribution is 7.89. The lowest BCUT2D eigenvalue weighted by Crippen LogP contribution is -2.40. The minimum atomic E-state index is -4.02. The molecule has 1 aliphatic rings. The Labute approximate surface area is 172 Å². The highest BCUT2D eigenvalue weighted by Crippen LogP contribution is 2.30. The van der Waals surface area contributed by atoms with E-state index in [9.17, 15) is 23.6 Å². The molecule has 160 valence electrons. The molecular formula is C18H20N4O7S. The SMILES string of the molecule is COc1cccc(/C=N/Nc2ccc([N+](=O)[O-])cc2S(=O)(=O)N2CCOCC2)c1O. The average molecular weight is 436 g/mol. The van der Waals surface area contributed by atoms with Gasteiger partial charge in [0.15, 0.2) is 11.5 Å². The van der Waals surface area contributed by atoms with Crippen molar-refractivity contribution < 1.29 is 27.9 Å². The third-order valence-electron chi connectivity index (χ3n) is 4.40. The number of anilines is 1. The van der Waals surface area contributed by atoms with Crippen LogP contribution in [-0.2, 0) is 14.8 Å². The molecule has 1 saturated heterocycles. The van der Waals surface area contributed by atoms with Gasteiger partial charge in [0.2, 0.25) is 10.0 Å². The van der Waals surface area contributed by atoms with E-state index in [0.717, 1.165) is 6.07 Å². The molecule has 12 heteroatoms. The number of hydrazone groups is 1. The number of ether oxygens (including phenoxy) is 2. The van der Waals surface area contributed by atoms with Gasteiger partial charge in [-0.25, -0.2) is 8.42 Å². The molecule has 1 aliphatic heterocycles. The summed E-state index contributed by atoms with van der Waals surface area (Å²) in [5, 5.41) is 25.2. The highest BCUT2D eigenvalue weighted by atomic mass is 32.2. The van der Waals surface area contributed by atoms with Crippen LogP contribution in [0.25, 0.3) is 0 Å². The number of methoxy groups -OCH3 is 1. The molecule has 11 nitrogen and oxygen atoms in total. The van der Waals surface area contributed by atoms with Crippen molar-refractivity contribution in [3.63, 3.8) is 0 Å². The first kappa shape index (κ1) is 21.5. The number of morpholine rings is 1. The third-order valence-corrected chi connectivity index (χ3v) is 6.34. The van der Waals surface area contributed by atoms with Crippen LogP contribution in [0.4, 0.5) is 11.4 Å². The van der Waals surface area contributed by atoms with Gasteiger partial charge in [-0.05, 0) is 18.2 Å². The van der Waals surface area contributed by atoms with E-state index in [2.05, 4.69) is 10.5 Å². The van der Waals surface area contributed by atoms with Crippen LogP contribution >= 0.6 is 0 Å². The van der Waals surface area contributed by atoms with Crippen LogP contribution in [0.2, 0.25) is 0 Å². The zero-order chi connectivity index (χ0) is 21.7. The number of hydrogen-bond acceptors (Lipinski definition) is 9. The van der Waals surface area contributed by atoms with E-state index in [1.165, 1.54) is 29.8 Å². The lowest BCUT2D eigenvalue weighted by molar-refractivity contribution is -0.385. The predicted molar refractivity (Wildman–Crippen MR) is 109 cm³/mol. The summed E-state index contributed by atoms with van der Waals surface area (Å²) >= 11 is 0. The number of para-hydroxylation sites is 1. The largest absolute Gasteiger partial charge is 0.504 e. The molecule has 3 rings (SSSR count). The summed E-state index contributed by atoms with van der Waals surface area (Å²) in [4.78, 5) is 10.2. The summed E-state index contributed by atoms with van der Waals surface area (Å²) in [6, 6.07) is 8.26. The van der Waals surface area contributed by atoms with Crippen molar-refractivity contribution in [2.45, 2.75) is 4.90 Å². The number of nitrogens with zero attached hydrogens (tertiary/aromatic N) is 3. The number of phenols is 1. The van der Waals surface area contributed by atoms with E-state index in [-0.39, 0.29) is 54.1 Å².